The van der Waals surface area contributed by atoms with E-state index in [4.69, 9.17) is 4.55 Å². The molecule has 5 heteroatoms. The van der Waals surface area contributed by atoms with E-state index in [9.17, 15) is 8.42 Å². The lowest BCUT2D eigenvalue weighted by atomic mass is 10.1. The minimum absolute atomic E-state index is 0.782. The minimum Gasteiger partial charge on any atom is -0.370 e. The lowest BCUT2D eigenvalue weighted by Crippen LogP contribution is -1.96. The molecule has 0 amide bonds. The molecule has 0 saturated heterocycles. The van der Waals surface area contributed by atoms with E-state index in [1.165, 1.54) is 38.5 Å². The van der Waals surface area contributed by atoms with Crippen LogP contribution in [0.3, 0.4) is 0 Å². The molecular formula is C12H24O4S. The summed E-state index contributed by atoms with van der Waals surface area (Å²) in [5.74, 6) is 0. The Balaban J connectivity index is 3.18. The molecule has 0 spiro atoms. The van der Waals surface area contributed by atoms with E-state index in [-0.39, 0.29) is 0 Å². The first kappa shape index (κ1) is 16.4. The second kappa shape index (κ2) is 10.6. The third-order valence-corrected chi connectivity index (χ3v) is 2.85. The Hall–Kier alpha value is -0.550. The summed E-state index contributed by atoms with van der Waals surface area (Å²) in [6, 6.07) is 0. The van der Waals surface area contributed by atoms with E-state index in [1.54, 1.807) is 6.08 Å². The van der Waals surface area contributed by atoms with Gasteiger partial charge in [0.1, 0.15) is 6.26 Å². The first-order valence-corrected chi connectivity index (χ1v) is 7.73. The van der Waals surface area contributed by atoms with Crippen molar-refractivity contribution in [1.29, 1.82) is 0 Å². The molecule has 0 bridgehead atoms. The smallest absolute Gasteiger partial charge is 0.370 e. The topological polar surface area (TPSA) is 63.6 Å². The molecule has 0 aliphatic rings. The Morgan fingerprint density at radius 1 is 1.00 bits per heavy atom. The van der Waals surface area contributed by atoms with Gasteiger partial charge in [-0.2, -0.15) is 8.42 Å². The van der Waals surface area contributed by atoms with Gasteiger partial charge in [0.15, 0.2) is 0 Å². The Morgan fingerprint density at radius 3 is 2.06 bits per heavy atom. The zero-order chi connectivity index (χ0) is 13.0. The van der Waals surface area contributed by atoms with Crippen LogP contribution in [0.5, 0.6) is 0 Å². The second-order valence-electron chi connectivity index (χ2n) is 4.16. The molecule has 4 nitrogen and oxygen atoms in total. The van der Waals surface area contributed by atoms with Gasteiger partial charge in [-0.3, -0.25) is 4.55 Å². The van der Waals surface area contributed by atoms with Crippen LogP contribution in [-0.2, 0) is 14.6 Å². The van der Waals surface area contributed by atoms with Crippen LogP contribution in [0.4, 0.5) is 0 Å². The fraction of sp³-hybridized carbons (Fsp3) is 0.833. The maximum Gasteiger partial charge on any atom is 0.445 e. The van der Waals surface area contributed by atoms with Gasteiger partial charge >= 0.3 is 10.4 Å². The molecule has 0 aromatic carbocycles. The molecule has 102 valence electrons. The lowest BCUT2D eigenvalue weighted by molar-refractivity contribution is 0.355. The zero-order valence-corrected chi connectivity index (χ0v) is 11.4. The summed E-state index contributed by atoms with van der Waals surface area (Å²) in [6.45, 7) is 2.21. The summed E-state index contributed by atoms with van der Waals surface area (Å²) in [5, 5.41) is 0. The summed E-state index contributed by atoms with van der Waals surface area (Å²) in [5.41, 5.74) is 0. The number of hydrogen-bond donors (Lipinski definition) is 1. The maximum absolute atomic E-state index is 10.2. The van der Waals surface area contributed by atoms with Crippen molar-refractivity contribution < 1.29 is 17.2 Å². The normalized spacial score (nSPS) is 12.1. The fourth-order valence-corrected chi connectivity index (χ4v) is 1.79. The Morgan fingerprint density at radius 2 is 1.53 bits per heavy atom. The van der Waals surface area contributed by atoms with Crippen LogP contribution in [0, 0.1) is 0 Å². The third-order valence-electron chi connectivity index (χ3n) is 2.50. The summed E-state index contributed by atoms with van der Waals surface area (Å²) < 4.78 is 32.7. The second-order valence-corrected chi connectivity index (χ2v) is 5.21. The molecule has 0 unspecified atom stereocenters. The van der Waals surface area contributed by atoms with Crippen molar-refractivity contribution in [3.63, 3.8) is 0 Å². The first-order valence-electron chi connectivity index (χ1n) is 6.37. The minimum atomic E-state index is -4.32. The molecule has 0 saturated carbocycles. The summed E-state index contributed by atoms with van der Waals surface area (Å²) in [4.78, 5) is 0. The largest absolute Gasteiger partial charge is 0.445 e. The van der Waals surface area contributed by atoms with Gasteiger partial charge in [-0.05, 0) is 18.9 Å². The molecular weight excluding hydrogens is 240 g/mol. The van der Waals surface area contributed by atoms with Crippen molar-refractivity contribution in [2.75, 3.05) is 0 Å². The van der Waals surface area contributed by atoms with E-state index in [0.29, 0.717) is 0 Å². The van der Waals surface area contributed by atoms with Crippen molar-refractivity contribution in [2.45, 2.75) is 64.7 Å². The van der Waals surface area contributed by atoms with Crippen LogP contribution >= 0.6 is 0 Å². The van der Waals surface area contributed by atoms with Crippen molar-refractivity contribution in [2.24, 2.45) is 0 Å². The third kappa shape index (κ3) is 15.4. The molecule has 1 N–H and O–H groups in total. The fourth-order valence-electron chi connectivity index (χ4n) is 1.57. The average molecular weight is 264 g/mol. The van der Waals surface area contributed by atoms with Crippen molar-refractivity contribution in [3.05, 3.63) is 12.3 Å². The molecule has 0 aromatic heterocycles. The van der Waals surface area contributed by atoms with Gasteiger partial charge < -0.3 is 4.18 Å². The predicted molar refractivity (Wildman–Crippen MR) is 69.0 cm³/mol. The van der Waals surface area contributed by atoms with Crippen LogP contribution in [0.1, 0.15) is 64.7 Å². The van der Waals surface area contributed by atoms with Gasteiger partial charge in [0.2, 0.25) is 0 Å². The Labute approximate surface area is 105 Å². The molecule has 17 heavy (non-hydrogen) atoms. The van der Waals surface area contributed by atoms with Crippen molar-refractivity contribution in [1.82, 2.24) is 0 Å². The predicted octanol–water partition coefficient (Wildman–Crippen LogP) is 3.85. The van der Waals surface area contributed by atoms with Crippen molar-refractivity contribution in [3.8, 4) is 0 Å². The van der Waals surface area contributed by atoms with Gasteiger partial charge in [0.25, 0.3) is 0 Å². The molecule has 0 rings (SSSR count). The van der Waals surface area contributed by atoms with Crippen LogP contribution in [0.2, 0.25) is 0 Å². The highest BCUT2D eigenvalue weighted by molar-refractivity contribution is 7.81. The van der Waals surface area contributed by atoms with Gasteiger partial charge in [0, 0.05) is 0 Å². The van der Waals surface area contributed by atoms with E-state index in [0.717, 1.165) is 25.5 Å². The number of unbranched alkanes of at least 4 members (excludes halogenated alkanes) is 8. The van der Waals surface area contributed by atoms with E-state index in [1.807, 2.05) is 0 Å². The van der Waals surface area contributed by atoms with Gasteiger partial charge in [-0.15, -0.1) is 0 Å². The van der Waals surface area contributed by atoms with Crippen LogP contribution in [0.15, 0.2) is 12.3 Å². The standard InChI is InChI=1S/C12H24O4S/c1-2-3-4-5-6-7-8-9-10-11-12-16-17(13,14)15/h11-12H,2-10H2,1H3,(H,13,14,15). The summed E-state index contributed by atoms with van der Waals surface area (Å²) in [6.07, 6.45) is 13.4. The molecule has 0 aliphatic heterocycles. The van der Waals surface area contributed by atoms with Gasteiger partial charge in [-0.25, -0.2) is 0 Å². The quantitative estimate of drug-likeness (QED) is 0.350. The lowest BCUT2D eigenvalue weighted by Gasteiger charge is -1.99. The first-order chi connectivity index (χ1) is 8.06. The van der Waals surface area contributed by atoms with E-state index < -0.39 is 10.4 Å². The van der Waals surface area contributed by atoms with Crippen LogP contribution < -0.4 is 0 Å². The van der Waals surface area contributed by atoms with Crippen LogP contribution in [-0.4, -0.2) is 13.0 Å². The molecule has 0 radical (unpaired) electrons. The number of hydrogen-bond acceptors (Lipinski definition) is 3. The van der Waals surface area contributed by atoms with Crippen LogP contribution in [0.25, 0.3) is 0 Å². The van der Waals surface area contributed by atoms with E-state index in [2.05, 4.69) is 11.1 Å². The molecule has 0 atom stereocenters. The monoisotopic (exact) mass is 264 g/mol. The van der Waals surface area contributed by atoms with Crippen molar-refractivity contribution >= 4 is 10.4 Å². The van der Waals surface area contributed by atoms with Gasteiger partial charge in [0.05, 0.1) is 0 Å². The average Bonchev–Trinajstić information content (AvgIpc) is 2.24. The number of rotatable bonds is 11. The highest BCUT2D eigenvalue weighted by atomic mass is 32.3. The van der Waals surface area contributed by atoms with E-state index >= 15 is 0 Å². The SMILES string of the molecule is CCCCCCCCCCC=COS(=O)(=O)O. The highest BCUT2D eigenvalue weighted by Crippen LogP contribution is 2.09. The Kier molecular flexibility index (Phi) is 10.3. The molecule has 0 heterocycles. The maximum atomic E-state index is 10.2. The number of allylic oxidation sites excluding steroid dienone is 1. The molecule has 0 aliphatic carbocycles. The highest BCUT2D eigenvalue weighted by Gasteiger charge is 1.98. The molecule has 0 fully saturated rings. The van der Waals surface area contributed by atoms with Gasteiger partial charge in [-0.1, -0.05) is 51.9 Å². The summed E-state index contributed by atoms with van der Waals surface area (Å²) >= 11 is 0. The molecule has 0 aromatic rings. The zero-order valence-electron chi connectivity index (χ0n) is 10.6. The summed E-state index contributed by atoms with van der Waals surface area (Å²) in [7, 11) is -4.32. The Bertz CT molecular complexity index is 283.